The van der Waals surface area contributed by atoms with Crippen LogP contribution in [0.4, 0.5) is 11.5 Å². The van der Waals surface area contributed by atoms with E-state index in [2.05, 4.69) is 9.88 Å². The van der Waals surface area contributed by atoms with Gasteiger partial charge in [0.15, 0.2) is 0 Å². The lowest BCUT2D eigenvalue weighted by atomic mass is 9.78. The minimum absolute atomic E-state index is 0.360. The molecule has 3 rings (SSSR count). The number of carbonyl (C=O) groups excluding carboxylic acids is 1. The van der Waals surface area contributed by atoms with E-state index in [1.54, 1.807) is 12.3 Å². The van der Waals surface area contributed by atoms with Crippen LogP contribution in [0.5, 0.6) is 0 Å². The van der Waals surface area contributed by atoms with Gasteiger partial charge in [-0.2, -0.15) is 0 Å². The van der Waals surface area contributed by atoms with Crippen molar-refractivity contribution in [2.24, 2.45) is 11.7 Å². The van der Waals surface area contributed by atoms with Crippen molar-refractivity contribution in [2.45, 2.75) is 44.6 Å². The van der Waals surface area contributed by atoms with Crippen LogP contribution in [-0.2, 0) is 0 Å². The summed E-state index contributed by atoms with van der Waals surface area (Å²) in [4.78, 5) is 18.2. The van der Waals surface area contributed by atoms with E-state index in [1.807, 2.05) is 0 Å². The van der Waals surface area contributed by atoms with E-state index in [9.17, 15) is 4.79 Å². The van der Waals surface area contributed by atoms with Crippen LogP contribution in [0.3, 0.4) is 0 Å². The molecule has 1 aromatic heterocycles. The van der Waals surface area contributed by atoms with Crippen LogP contribution in [-0.4, -0.2) is 23.5 Å². The van der Waals surface area contributed by atoms with Gasteiger partial charge in [-0.25, -0.2) is 4.98 Å². The maximum Gasteiger partial charge on any atom is 0.250 e. The number of nitrogens with zero attached hydrogens (tertiary/aromatic N) is 2. The van der Waals surface area contributed by atoms with Crippen molar-refractivity contribution in [1.29, 1.82) is 0 Å². The van der Waals surface area contributed by atoms with Crippen molar-refractivity contribution >= 4 is 17.4 Å². The zero-order chi connectivity index (χ0) is 14.1. The van der Waals surface area contributed by atoms with E-state index >= 15 is 0 Å². The number of fused-ring (bicyclic) bond motifs is 1. The van der Waals surface area contributed by atoms with Crippen molar-refractivity contribution in [3.63, 3.8) is 0 Å². The maximum absolute atomic E-state index is 11.4. The summed E-state index contributed by atoms with van der Waals surface area (Å²) < 4.78 is 0. The summed E-state index contributed by atoms with van der Waals surface area (Å²) in [6.45, 7) is 1.01. The lowest BCUT2D eigenvalue weighted by Crippen LogP contribution is -2.47. The van der Waals surface area contributed by atoms with Crippen LogP contribution >= 0.6 is 0 Å². The fourth-order valence-electron chi connectivity index (χ4n) is 3.73. The van der Waals surface area contributed by atoms with E-state index in [4.69, 9.17) is 11.5 Å². The molecule has 5 heteroatoms. The Morgan fingerprint density at radius 2 is 2.00 bits per heavy atom. The molecule has 1 aliphatic carbocycles. The molecule has 2 heterocycles. The number of pyridine rings is 1. The van der Waals surface area contributed by atoms with Gasteiger partial charge in [-0.05, 0) is 37.7 Å². The minimum Gasteiger partial charge on any atom is -0.397 e. The van der Waals surface area contributed by atoms with Gasteiger partial charge in [-0.15, -0.1) is 0 Å². The molecule has 1 aliphatic heterocycles. The fraction of sp³-hybridized carbons (Fsp3) is 0.600. The molecule has 1 aromatic rings. The van der Waals surface area contributed by atoms with Crippen LogP contribution in [0.2, 0.25) is 0 Å². The predicted octanol–water partition coefficient (Wildman–Crippen LogP) is 1.92. The summed E-state index contributed by atoms with van der Waals surface area (Å²) in [6.07, 6.45) is 9.24. The van der Waals surface area contributed by atoms with Crippen LogP contribution in [0, 0.1) is 5.92 Å². The van der Waals surface area contributed by atoms with Gasteiger partial charge in [0.1, 0.15) is 5.82 Å². The number of aromatic nitrogens is 1. The molecule has 5 nitrogen and oxygen atoms in total. The summed E-state index contributed by atoms with van der Waals surface area (Å²) in [7, 11) is 0. The first-order valence-electron chi connectivity index (χ1n) is 7.49. The van der Waals surface area contributed by atoms with Crippen molar-refractivity contribution in [3.8, 4) is 0 Å². The standard InChI is InChI=1S/C15H22N4O/c16-12-9-18-14(8-11(12)15(17)20)19-7-3-5-10-4-1-2-6-13(10)19/h8-10,13H,1-7,16H2,(H2,17,20). The summed E-state index contributed by atoms with van der Waals surface area (Å²) >= 11 is 0. The zero-order valence-electron chi connectivity index (χ0n) is 11.7. The zero-order valence-corrected chi connectivity index (χ0v) is 11.7. The number of amides is 1. The quantitative estimate of drug-likeness (QED) is 0.862. The summed E-state index contributed by atoms with van der Waals surface area (Å²) in [6, 6.07) is 2.32. The molecule has 108 valence electrons. The van der Waals surface area contributed by atoms with Gasteiger partial charge in [0.2, 0.25) is 0 Å². The maximum atomic E-state index is 11.4. The van der Waals surface area contributed by atoms with Gasteiger partial charge >= 0.3 is 0 Å². The minimum atomic E-state index is -0.483. The molecule has 0 spiro atoms. The normalized spacial score (nSPS) is 26.1. The average molecular weight is 274 g/mol. The molecule has 1 saturated carbocycles. The van der Waals surface area contributed by atoms with E-state index in [-0.39, 0.29) is 0 Å². The molecule has 1 amide bonds. The Hall–Kier alpha value is -1.78. The molecule has 1 saturated heterocycles. The first kappa shape index (κ1) is 13.2. The summed E-state index contributed by atoms with van der Waals surface area (Å²) in [5.74, 6) is 1.14. The number of nitrogen functional groups attached to an aromatic ring is 1. The lowest BCUT2D eigenvalue weighted by molar-refractivity contribution is 0.100. The highest BCUT2D eigenvalue weighted by atomic mass is 16.1. The largest absolute Gasteiger partial charge is 0.397 e. The SMILES string of the molecule is NC(=O)c1cc(N2CCCC3CCCCC32)ncc1N. The first-order chi connectivity index (χ1) is 9.66. The molecular weight excluding hydrogens is 252 g/mol. The van der Waals surface area contributed by atoms with Gasteiger partial charge in [-0.1, -0.05) is 12.8 Å². The van der Waals surface area contributed by atoms with Crippen LogP contribution < -0.4 is 16.4 Å². The Balaban J connectivity index is 1.91. The average Bonchev–Trinajstić information content (AvgIpc) is 2.47. The number of hydrogen-bond acceptors (Lipinski definition) is 4. The van der Waals surface area contributed by atoms with E-state index in [0.29, 0.717) is 17.3 Å². The van der Waals surface area contributed by atoms with Crippen LogP contribution in [0.15, 0.2) is 12.3 Å². The Morgan fingerprint density at radius 3 is 2.80 bits per heavy atom. The molecule has 0 aromatic carbocycles. The second kappa shape index (κ2) is 5.31. The first-order valence-corrected chi connectivity index (χ1v) is 7.49. The van der Waals surface area contributed by atoms with Gasteiger partial charge in [0.25, 0.3) is 5.91 Å². The number of primary amides is 1. The number of nitrogens with two attached hydrogens (primary N) is 2. The van der Waals surface area contributed by atoms with Crippen LogP contribution in [0.25, 0.3) is 0 Å². The third kappa shape index (κ3) is 2.32. The predicted molar refractivity (Wildman–Crippen MR) is 79.5 cm³/mol. The molecular formula is C15H22N4O. The van der Waals surface area contributed by atoms with E-state index in [1.165, 1.54) is 38.5 Å². The molecule has 0 bridgehead atoms. The number of piperidine rings is 1. The van der Waals surface area contributed by atoms with Crippen LogP contribution in [0.1, 0.15) is 48.9 Å². The third-order valence-corrected chi connectivity index (χ3v) is 4.72. The number of hydrogen-bond donors (Lipinski definition) is 2. The molecule has 2 atom stereocenters. The molecule has 2 fully saturated rings. The number of anilines is 2. The smallest absolute Gasteiger partial charge is 0.250 e. The number of rotatable bonds is 2. The molecule has 0 radical (unpaired) electrons. The Kier molecular flexibility index (Phi) is 3.51. The van der Waals surface area contributed by atoms with E-state index in [0.717, 1.165) is 18.3 Å². The monoisotopic (exact) mass is 274 g/mol. The summed E-state index contributed by atoms with van der Waals surface area (Å²) in [5.41, 5.74) is 11.9. The van der Waals surface area contributed by atoms with Crippen molar-refractivity contribution in [1.82, 2.24) is 4.98 Å². The molecule has 2 unspecified atom stereocenters. The van der Waals surface area contributed by atoms with Gasteiger partial charge < -0.3 is 16.4 Å². The highest BCUT2D eigenvalue weighted by molar-refractivity contribution is 5.98. The number of carbonyl (C=O) groups is 1. The lowest BCUT2D eigenvalue weighted by Gasteiger charge is -2.44. The van der Waals surface area contributed by atoms with Crippen molar-refractivity contribution in [2.75, 3.05) is 17.2 Å². The Labute approximate surface area is 119 Å². The van der Waals surface area contributed by atoms with Crippen molar-refractivity contribution < 1.29 is 4.79 Å². The second-order valence-electron chi connectivity index (χ2n) is 5.94. The molecule has 20 heavy (non-hydrogen) atoms. The van der Waals surface area contributed by atoms with E-state index < -0.39 is 5.91 Å². The highest BCUT2D eigenvalue weighted by Crippen LogP contribution is 2.37. The third-order valence-electron chi connectivity index (χ3n) is 4.72. The van der Waals surface area contributed by atoms with Gasteiger partial charge in [0.05, 0.1) is 17.4 Å². The van der Waals surface area contributed by atoms with Gasteiger partial charge in [0, 0.05) is 12.6 Å². The van der Waals surface area contributed by atoms with Gasteiger partial charge in [-0.3, -0.25) is 4.79 Å². The fourth-order valence-corrected chi connectivity index (χ4v) is 3.73. The Morgan fingerprint density at radius 1 is 1.25 bits per heavy atom. The second-order valence-corrected chi connectivity index (χ2v) is 5.94. The summed E-state index contributed by atoms with van der Waals surface area (Å²) in [5, 5.41) is 0. The molecule has 4 N–H and O–H groups in total. The van der Waals surface area contributed by atoms with Crippen molar-refractivity contribution in [3.05, 3.63) is 17.8 Å². The molecule has 2 aliphatic rings. The highest BCUT2D eigenvalue weighted by Gasteiger charge is 2.34. The topological polar surface area (TPSA) is 85.2 Å². The Bertz CT molecular complexity index is 515.